The van der Waals surface area contributed by atoms with Crippen molar-refractivity contribution in [1.29, 1.82) is 0 Å². The number of hydrogen-bond acceptors (Lipinski definition) is 3. The minimum absolute atomic E-state index is 0.420. The molecule has 0 bridgehead atoms. The van der Waals surface area contributed by atoms with E-state index in [1.54, 1.807) is 7.11 Å². The fourth-order valence-corrected chi connectivity index (χ4v) is 1.29. The highest BCUT2D eigenvalue weighted by Gasteiger charge is 2.31. The van der Waals surface area contributed by atoms with Crippen LogP contribution >= 0.6 is 0 Å². The van der Waals surface area contributed by atoms with Crippen LogP contribution in [-0.4, -0.2) is 36.6 Å². The number of methoxy groups -OCH3 is 1. The summed E-state index contributed by atoms with van der Waals surface area (Å²) in [5, 5.41) is 6.74. The third kappa shape index (κ3) is 5.18. The van der Waals surface area contributed by atoms with E-state index in [1.807, 2.05) is 0 Å². The second-order valence-electron chi connectivity index (χ2n) is 3.59. The van der Waals surface area contributed by atoms with Gasteiger partial charge in [0.1, 0.15) is 0 Å². The number of alkyl halides is 3. The van der Waals surface area contributed by atoms with Gasteiger partial charge in [0.25, 0.3) is 0 Å². The largest absolute Gasteiger partial charge is 0.419 e. The molecule has 17 heavy (non-hydrogen) atoms. The van der Waals surface area contributed by atoms with E-state index in [-0.39, 0.29) is 0 Å². The van der Waals surface area contributed by atoms with Crippen molar-refractivity contribution in [2.75, 3.05) is 26.8 Å². The summed E-state index contributed by atoms with van der Waals surface area (Å²) in [4.78, 5) is 0. The molecule has 98 valence electrons. The number of ether oxygens (including phenoxy) is 1. The smallest absolute Gasteiger partial charge is 0.385 e. The molecule has 1 aromatic heterocycles. The van der Waals surface area contributed by atoms with Crippen molar-refractivity contribution in [3.05, 3.63) is 18.0 Å². The number of nitrogens with zero attached hydrogens (tertiary/aromatic N) is 2. The predicted octanol–water partition coefficient (Wildman–Crippen LogP) is 1.53. The van der Waals surface area contributed by atoms with Crippen molar-refractivity contribution >= 4 is 0 Å². The maximum atomic E-state index is 12.2. The monoisotopic (exact) mass is 251 g/mol. The lowest BCUT2D eigenvalue weighted by molar-refractivity contribution is -0.137. The second kappa shape index (κ2) is 6.61. The number of aromatic nitrogens is 2. The number of halogens is 3. The van der Waals surface area contributed by atoms with E-state index in [9.17, 15) is 13.2 Å². The first-order valence-corrected chi connectivity index (χ1v) is 5.33. The zero-order valence-electron chi connectivity index (χ0n) is 9.63. The molecule has 0 saturated carbocycles. The third-order valence-corrected chi connectivity index (χ3v) is 2.18. The van der Waals surface area contributed by atoms with Crippen molar-refractivity contribution in [2.45, 2.75) is 19.1 Å². The van der Waals surface area contributed by atoms with Crippen molar-refractivity contribution in [3.63, 3.8) is 0 Å². The van der Waals surface area contributed by atoms with Crippen LogP contribution in [0.2, 0.25) is 0 Å². The Morgan fingerprint density at radius 1 is 1.41 bits per heavy atom. The molecule has 0 radical (unpaired) electrons. The summed E-state index contributed by atoms with van der Waals surface area (Å²) < 4.78 is 42.9. The molecule has 0 fully saturated rings. The van der Waals surface area contributed by atoms with Crippen molar-refractivity contribution in [3.8, 4) is 0 Å². The van der Waals surface area contributed by atoms with E-state index in [0.29, 0.717) is 19.7 Å². The Bertz CT molecular complexity index is 325. The fourth-order valence-electron chi connectivity index (χ4n) is 1.29. The molecule has 0 aliphatic carbocycles. The standard InChI is InChI=1S/C10H16F3N3O/c1-17-6-2-3-14-4-5-16-8-9(7-15-16)10(11,12)13/h7-8,14H,2-6H2,1H3. The molecule has 1 heterocycles. The summed E-state index contributed by atoms with van der Waals surface area (Å²) >= 11 is 0. The summed E-state index contributed by atoms with van der Waals surface area (Å²) in [6.07, 6.45) is -1.59. The highest BCUT2D eigenvalue weighted by molar-refractivity contribution is 5.08. The van der Waals surface area contributed by atoms with Gasteiger partial charge in [-0.05, 0) is 13.0 Å². The molecule has 4 nitrogen and oxygen atoms in total. The summed E-state index contributed by atoms with van der Waals surface area (Å²) in [5.74, 6) is 0. The molecule has 0 spiro atoms. The van der Waals surface area contributed by atoms with E-state index in [2.05, 4.69) is 10.4 Å². The molecule has 7 heteroatoms. The Morgan fingerprint density at radius 2 is 2.18 bits per heavy atom. The van der Waals surface area contributed by atoms with Gasteiger partial charge in [0.15, 0.2) is 0 Å². The van der Waals surface area contributed by atoms with Gasteiger partial charge < -0.3 is 10.1 Å². The summed E-state index contributed by atoms with van der Waals surface area (Å²) in [6.45, 7) is 2.46. The van der Waals surface area contributed by atoms with Gasteiger partial charge >= 0.3 is 6.18 Å². The Balaban J connectivity index is 2.21. The second-order valence-corrected chi connectivity index (χ2v) is 3.59. The number of hydrogen-bond donors (Lipinski definition) is 1. The van der Waals surface area contributed by atoms with Crippen LogP contribution in [0.25, 0.3) is 0 Å². The summed E-state index contributed by atoms with van der Waals surface area (Å²) in [6, 6.07) is 0. The van der Waals surface area contributed by atoms with Crippen LogP contribution in [0, 0.1) is 0 Å². The van der Waals surface area contributed by atoms with Gasteiger partial charge in [-0.1, -0.05) is 0 Å². The highest BCUT2D eigenvalue weighted by Crippen LogP contribution is 2.28. The Labute approximate surface area is 97.8 Å². The molecule has 1 aromatic rings. The first-order valence-electron chi connectivity index (χ1n) is 5.33. The Hall–Kier alpha value is -1.08. The maximum absolute atomic E-state index is 12.2. The van der Waals surface area contributed by atoms with E-state index >= 15 is 0 Å². The van der Waals surface area contributed by atoms with Crippen molar-refractivity contribution in [1.82, 2.24) is 15.1 Å². The molecular weight excluding hydrogens is 235 g/mol. The molecule has 0 aromatic carbocycles. The Morgan fingerprint density at radius 3 is 2.76 bits per heavy atom. The van der Waals surface area contributed by atoms with Crippen molar-refractivity contribution in [2.24, 2.45) is 0 Å². The zero-order chi connectivity index (χ0) is 12.7. The summed E-state index contributed by atoms with van der Waals surface area (Å²) in [5.41, 5.74) is -0.711. The highest BCUT2D eigenvalue weighted by atomic mass is 19.4. The minimum atomic E-state index is -4.32. The predicted molar refractivity (Wildman–Crippen MR) is 56.6 cm³/mol. The van der Waals surface area contributed by atoms with Crippen LogP contribution in [0.1, 0.15) is 12.0 Å². The molecular formula is C10H16F3N3O. The molecule has 0 aliphatic heterocycles. The normalized spacial score (nSPS) is 12.0. The minimum Gasteiger partial charge on any atom is -0.385 e. The lowest BCUT2D eigenvalue weighted by Crippen LogP contribution is -2.22. The van der Waals surface area contributed by atoms with E-state index in [1.165, 1.54) is 4.68 Å². The third-order valence-electron chi connectivity index (χ3n) is 2.18. The first-order chi connectivity index (χ1) is 8.04. The molecule has 0 aliphatic rings. The average molecular weight is 251 g/mol. The zero-order valence-corrected chi connectivity index (χ0v) is 9.63. The number of nitrogens with one attached hydrogen (secondary N) is 1. The van der Waals surface area contributed by atoms with Gasteiger partial charge in [0, 0.05) is 26.5 Å². The lowest BCUT2D eigenvalue weighted by atomic mass is 10.4. The van der Waals surface area contributed by atoms with Gasteiger partial charge in [-0.25, -0.2) is 0 Å². The fraction of sp³-hybridized carbons (Fsp3) is 0.700. The molecule has 1 rings (SSSR count). The van der Waals surface area contributed by atoms with Crippen LogP contribution in [0.15, 0.2) is 12.4 Å². The number of rotatable bonds is 7. The van der Waals surface area contributed by atoms with Gasteiger partial charge in [-0.15, -0.1) is 0 Å². The Kier molecular flexibility index (Phi) is 5.43. The van der Waals surface area contributed by atoms with E-state index < -0.39 is 11.7 Å². The van der Waals surface area contributed by atoms with Gasteiger partial charge in [-0.3, -0.25) is 4.68 Å². The van der Waals surface area contributed by atoms with E-state index in [4.69, 9.17) is 4.74 Å². The van der Waals surface area contributed by atoms with Gasteiger partial charge in [0.2, 0.25) is 0 Å². The molecule has 1 N–H and O–H groups in total. The molecule has 0 saturated heterocycles. The summed E-state index contributed by atoms with van der Waals surface area (Å²) in [7, 11) is 1.63. The molecule has 0 unspecified atom stereocenters. The van der Waals surface area contributed by atoms with Crippen LogP contribution in [0.5, 0.6) is 0 Å². The van der Waals surface area contributed by atoms with Crippen LogP contribution in [0.4, 0.5) is 13.2 Å². The average Bonchev–Trinajstić information content (AvgIpc) is 2.71. The quantitative estimate of drug-likeness (QED) is 0.747. The maximum Gasteiger partial charge on any atom is 0.419 e. The lowest BCUT2D eigenvalue weighted by Gasteiger charge is -2.04. The van der Waals surface area contributed by atoms with Crippen LogP contribution < -0.4 is 5.32 Å². The SMILES string of the molecule is COCCCNCCn1cc(C(F)(F)F)cn1. The van der Waals surface area contributed by atoms with Gasteiger partial charge in [0.05, 0.1) is 18.3 Å². The van der Waals surface area contributed by atoms with Crippen LogP contribution in [0.3, 0.4) is 0 Å². The molecule has 0 atom stereocenters. The van der Waals surface area contributed by atoms with Crippen LogP contribution in [-0.2, 0) is 17.5 Å². The van der Waals surface area contributed by atoms with E-state index in [0.717, 1.165) is 25.4 Å². The molecule has 0 amide bonds. The van der Waals surface area contributed by atoms with Gasteiger partial charge in [-0.2, -0.15) is 18.3 Å². The first kappa shape index (κ1) is 14.0. The van der Waals surface area contributed by atoms with Crippen molar-refractivity contribution < 1.29 is 17.9 Å². The topological polar surface area (TPSA) is 39.1 Å².